The Kier molecular flexibility index (Phi) is 11.3. The highest BCUT2D eigenvalue weighted by Gasteiger charge is 2.22. The van der Waals surface area contributed by atoms with Crippen molar-refractivity contribution >= 4 is 10.8 Å². The van der Waals surface area contributed by atoms with Gasteiger partial charge in [-0.1, -0.05) is 114 Å². The molecule has 38 heavy (non-hydrogen) atoms. The van der Waals surface area contributed by atoms with Crippen molar-refractivity contribution in [2.45, 2.75) is 116 Å². The molecule has 0 unspecified atom stereocenters. The second-order valence-corrected chi connectivity index (χ2v) is 11.6. The van der Waals surface area contributed by atoms with Gasteiger partial charge in [-0.2, -0.15) is 0 Å². The van der Waals surface area contributed by atoms with Gasteiger partial charge in [0.25, 0.3) is 0 Å². The van der Waals surface area contributed by atoms with Crippen molar-refractivity contribution < 1.29 is 4.39 Å². The van der Waals surface area contributed by atoms with Gasteiger partial charge in [0.1, 0.15) is 5.82 Å². The van der Waals surface area contributed by atoms with Gasteiger partial charge in [-0.15, -0.1) is 0 Å². The smallest absolute Gasteiger partial charge is 0.134 e. The molecule has 0 N–H and O–H groups in total. The third kappa shape index (κ3) is 8.20. The van der Waals surface area contributed by atoms with E-state index in [0.717, 1.165) is 40.8 Å². The lowest BCUT2D eigenvalue weighted by Crippen LogP contribution is -2.13. The predicted molar refractivity (Wildman–Crippen MR) is 162 cm³/mol. The van der Waals surface area contributed by atoms with Crippen LogP contribution < -0.4 is 0 Å². The SMILES string of the molecule is CCCCCCCc1ccc2cc(C#Cc3ccc(C4CCC(CCCCCC)CC4)cc3)ccc2c1F. The van der Waals surface area contributed by atoms with Crippen molar-refractivity contribution in [3.8, 4) is 11.8 Å². The number of fused-ring (bicyclic) bond motifs is 1. The summed E-state index contributed by atoms with van der Waals surface area (Å²) in [5.41, 5.74) is 4.30. The van der Waals surface area contributed by atoms with Crippen LogP contribution in [0.2, 0.25) is 0 Å². The number of unbranched alkanes of at least 4 members (excludes halogenated alkanes) is 7. The molecule has 202 valence electrons. The van der Waals surface area contributed by atoms with Crippen LogP contribution in [0.3, 0.4) is 0 Å². The Labute approximate surface area is 231 Å². The summed E-state index contributed by atoms with van der Waals surface area (Å²) in [5.74, 6) is 8.23. The van der Waals surface area contributed by atoms with Crippen LogP contribution in [-0.2, 0) is 6.42 Å². The zero-order valence-corrected chi connectivity index (χ0v) is 23.8. The molecule has 0 bridgehead atoms. The van der Waals surface area contributed by atoms with E-state index in [1.54, 1.807) is 0 Å². The van der Waals surface area contributed by atoms with Crippen LogP contribution in [0.1, 0.15) is 132 Å². The van der Waals surface area contributed by atoms with Crippen LogP contribution in [-0.4, -0.2) is 0 Å². The van der Waals surface area contributed by atoms with Crippen LogP contribution in [0.4, 0.5) is 4.39 Å². The molecule has 1 aliphatic rings. The number of hydrogen-bond acceptors (Lipinski definition) is 0. The van der Waals surface area contributed by atoms with Crippen LogP contribution in [0.15, 0.2) is 54.6 Å². The Hall–Kier alpha value is -2.59. The van der Waals surface area contributed by atoms with Gasteiger partial charge < -0.3 is 0 Å². The molecular formula is C37H47F. The van der Waals surface area contributed by atoms with Gasteiger partial charge in [-0.05, 0) is 91.1 Å². The molecule has 1 saturated carbocycles. The maximum Gasteiger partial charge on any atom is 0.134 e. The van der Waals surface area contributed by atoms with Crippen molar-refractivity contribution in [3.63, 3.8) is 0 Å². The Balaban J connectivity index is 1.31. The van der Waals surface area contributed by atoms with E-state index in [0.29, 0.717) is 11.3 Å². The fraction of sp³-hybridized carbons (Fsp3) is 0.514. The molecular weight excluding hydrogens is 463 g/mol. The van der Waals surface area contributed by atoms with Gasteiger partial charge >= 0.3 is 0 Å². The second-order valence-electron chi connectivity index (χ2n) is 11.6. The van der Waals surface area contributed by atoms with E-state index in [1.807, 2.05) is 24.3 Å². The highest BCUT2D eigenvalue weighted by atomic mass is 19.1. The molecule has 0 heterocycles. The number of halogens is 1. The van der Waals surface area contributed by atoms with E-state index in [2.05, 4.69) is 56.0 Å². The van der Waals surface area contributed by atoms with E-state index in [-0.39, 0.29) is 5.82 Å². The van der Waals surface area contributed by atoms with Gasteiger partial charge in [0.05, 0.1) is 0 Å². The lowest BCUT2D eigenvalue weighted by atomic mass is 9.77. The highest BCUT2D eigenvalue weighted by Crippen LogP contribution is 2.37. The maximum atomic E-state index is 15.1. The third-order valence-electron chi connectivity index (χ3n) is 8.63. The first kappa shape index (κ1) is 28.4. The summed E-state index contributed by atoms with van der Waals surface area (Å²) < 4.78 is 15.1. The standard InChI is InChI=1S/C37H47F/c1-3-5-7-9-11-13-34-25-26-35-28-31(20-27-36(35)37(34)38)15-14-30-18-23-33(24-19-30)32-21-16-29(17-22-32)12-10-8-6-4-2/h18-20,23-29,32H,3-13,16-17,21-22H2,1-2H3. The Bertz CT molecular complexity index is 1190. The third-order valence-corrected chi connectivity index (χ3v) is 8.63. The molecule has 0 aliphatic heterocycles. The molecule has 1 heteroatoms. The molecule has 0 aromatic heterocycles. The lowest BCUT2D eigenvalue weighted by Gasteiger charge is -2.29. The van der Waals surface area contributed by atoms with Crippen molar-refractivity contribution in [1.82, 2.24) is 0 Å². The van der Waals surface area contributed by atoms with Gasteiger partial charge in [-0.3, -0.25) is 0 Å². The first-order valence-corrected chi connectivity index (χ1v) is 15.5. The molecule has 1 fully saturated rings. The molecule has 0 radical (unpaired) electrons. The fourth-order valence-corrected chi connectivity index (χ4v) is 6.15. The van der Waals surface area contributed by atoms with Crippen LogP contribution in [0.25, 0.3) is 10.8 Å². The van der Waals surface area contributed by atoms with E-state index >= 15 is 4.39 Å². The van der Waals surface area contributed by atoms with Crippen molar-refractivity contribution in [1.29, 1.82) is 0 Å². The number of rotatable bonds is 12. The monoisotopic (exact) mass is 510 g/mol. The molecule has 3 aromatic carbocycles. The molecule has 0 saturated heterocycles. The summed E-state index contributed by atoms with van der Waals surface area (Å²) in [7, 11) is 0. The summed E-state index contributed by atoms with van der Waals surface area (Å²) in [6, 6.07) is 18.8. The van der Waals surface area contributed by atoms with E-state index in [4.69, 9.17) is 0 Å². The zero-order valence-electron chi connectivity index (χ0n) is 23.8. The second kappa shape index (κ2) is 15.1. The number of hydrogen-bond donors (Lipinski definition) is 0. The summed E-state index contributed by atoms with van der Waals surface area (Å²) in [5, 5.41) is 1.64. The number of aryl methyl sites for hydroxylation is 1. The Morgan fingerprint density at radius 2 is 1.34 bits per heavy atom. The average Bonchev–Trinajstić information content (AvgIpc) is 2.96. The molecule has 0 nitrogen and oxygen atoms in total. The van der Waals surface area contributed by atoms with Crippen LogP contribution in [0, 0.1) is 23.6 Å². The lowest BCUT2D eigenvalue weighted by molar-refractivity contribution is 0.302. The first-order chi connectivity index (χ1) is 18.7. The van der Waals surface area contributed by atoms with E-state index in [9.17, 15) is 0 Å². The molecule has 0 amide bonds. The zero-order chi connectivity index (χ0) is 26.6. The van der Waals surface area contributed by atoms with Crippen LogP contribution in [0.5, 0.6) is 0 Å². The predicted octanol–water partition coefficient (Wildman–Crippen LogP) is 11.1. The normalized spacial score (nSPS) is 17.3. The average molecular weight is 511 g/mol. The van der Waals surface area contributed by atoms with Gasteiger partial charge in [-0.25, -0.2) is 4.39 Å². The minimum atomic E-state index is -0.0568. The summed E-state index contributed by atoms with van der Waals surface area (Å²) in [4.78, 5) is 0. The van der Waals surface area contributed by atoms with Crippen molar-refractivity contribution in [3.05, 3.63) is 82.7 Å². The van der Waals surface area contributed by atoms with Crippen molar-refractivity contribution in [2.75, 3.05) is 0 Å². The first-order valence-electron chi connectivity index (χ1n) is 15.5. The van der Waals surface area contributed by atoms with Gasteiger partial charge in [0.15, 0.2) is 0 Å². The highest BCUT2D eigenvalue weighted by molar-refractivity contribution is 5.85. The minimum Gasteiger partial charge on any atom is -0.206 e. The molecule has 1 aliphatic carbocycles. The summed E-state index contributed by atoms with van der Waals surface area (Å²) in [6.07, 6.45) is 19.3. The molecule has 0 atom stereocenters. The molecule has 4 rings (SSSR count). The molecule has 3 aromatic rings. The van der Waals surface area contributed by atoms with Gasteiger partial charge in [0.2, 0.25) is 0 Å². The van der Waals surface area contributed by atoms with Gasteiger partial charge in [0, 0.05) is 16.5 Å². The fourth-order valence-electron chi connectivity index (χ4n) is 6.15. The van der Waals surface area contributed by atoms with E-state index < -0.39 is 0 Å². The minimum absolute atomic E-state index is 0.0568. The quantitative estimate of drug-likeness (QED) is 0.168. The topological polar surface area (TPSA) is 0 Å². The summed E-state index contributed by atoms with van der Waals surface area (Å²) >= 11 is 0. The molecule has 0 spiro atoms. The number of benzene rings is 3. The maximum absolute atomic E-state index is 15.1. The Morgan fingerprint density at radius 3 is 2.08 bits per heavy atom. The summed E-state index contributed by atoms with van der Waals surface area (Å²) in [6.45, 7) is 4.51. The van der Waals surface area contributed by atoms with Crippen LogP contribution >= 0.6 is 0 Å². The largest absolute Gasteiger partial charge is 0.206 e. The van der Waals surface area contributed by atoms with E-state index in [1.165, 1.54) is 89.0 Å². The van der Waals surface area contributed by atoms with Crippen molar-refractivity contribution in [2.24, 2.45) is 5.92 Å². The Morgan fingerprint density at radius 1 is 0.684 bits per heavy atom.